The summed E-state index contributed by atoms with van der Waals surface area (Å²) < 4.78 is 0. The number of amides is 1. The number of nitrogens with one attached hydrogen (secondary N) is 2. The van der Waals surface area contributed by atoms with Crippen LogP contribution in [0.1, 0.15) is 12.5 Å². The minimum Gasteiger partial charge on any atom is -0.508 e. The second kappa shape index (κ2) is 7.71. The van der Waals surface area contributed by atoms with E-state index in [1.54, 1.807) is 19.1 Å². The van der Waals surface area contributed by atoms with Crippen molar-refractivity contribution in [1.29, 1.82) is 0 Å². The number of hydrogen-bond donors (Lipinski definition) is 3. The number of aromatic amines is 1. The maximum Gasteiger partial charge on any atom is 0.233 e. The molecule has 9 heteroatoms. The Morgan fingerprint density at radius 2 is 2.12 bits per heavy atom. The van der Waals surface area contributed by atoms with E-state index in [0.717, 1.165) is 5.56 Å². The lowest BCUT2D eigenvalue weighted by Crippen LogP contribution is -2.32. The fraction of sp³-hybridized carbons (Fsp3) is 0.250. The van der Waals surface area contributed by atoms with Crippen LogP contribution in [0.15, 0.2) is 35.6 Å². The summed E-state index contributed by atoms with van der Waals surface area (Å²) in [6, 6.07) is 6.92. The van der Waals surface area contributed by atoms with Gasteiger partial charge < -0.3 is 15.4 Å². The van der Waals surface area contributed by atoms with Gasteiger partial charge in [0.15, 0.2) is 5.65 Å². The van der Waals surface area contributed by atoms with Gasteiger partial charge in [0.05, 0.1) is 11.6 Å². The number of benzene rings is 1. The highest BCUT2D eigenvalue weighted by Crippen LogP contribution is 2.27. The van der Waals surface area contributed by atoms with Crippen molar-refractivity contribution in [2.75, 3.05) is 6.54 Å². The Morgan fingerprint density at radius 1 is 1.36 bits per heavy atom. The first-order chi connectivity index (χ1) is 12.0. The number of hydrogen-bond acceptors (Lipinski definition) is 6. The third-order valence-electron chi connectivity index (χ3n) is 3.53. The second-order valence-corrected chi connectivity index (χ2v) is 7.03. The molecule has 0 aliphatic carbocycles. The second-order valence-electron chi connectivity index (χ2n) is 5.37. The van der Waals surface area contributed by atoms with Crippen molar-refractivity contribution >= 4 is 40.4 Å². The van der Waals surface area contributed by atoms with Gasteiger partial charge in [-0.25, -0.2) is 9.97 Å². The summed E-state index contributed by atoms with van der Waals surface area (Å²) in [6.45, 7) is 2.32. The number of imidazole rings is 1. The fourth-order valence-corrected chi connectivity index (χ4v) is 3.37. The molecule has 7 nitrogen and oxygen atoms in total. The zero-order valence-electron chi connectivity index (χ0n) is 13.4. The van der Waals surface area contributed by atoms with E-state index in [4.69, 9.17) is 11.6 Å². The van der Waals surface area contributed by atoms with Crippen LogP contribution in [0, 0.1) is 0 Å². The average Bonchev–Trinajstić information content (AvgIpc) is 3.05. The number of carbonyl (C=O) groups excluding carboxylic acids is 1. The van der Waals surface area contributed by atoms with Crippen LogP contribution in [0.25, 0.3) is 11.2 Å². The zero-order chi connectivity index (χ0) is 17.8. The molecule has 0 bridgehead atoms. The lowest BCUT2D eigenvalue weighted by atomic mass is 10.1. The van der Waals surface area contributed by atoms with Crippen LogP contribution in [-0.4, -0.2) is 42.7 Å². The minimum atomic E-state index is -0.350. The molecule has 0 aliphatic heterocycles. The Labute approximate surface area is 153 Å². The SMILES string of the molecule is C[C@@H](Sc1nc(Cl)nc2nc[nH]c12)C(=O)NCCc1ccc(O)cc1. The third kappa shape index (κ3) is 4.40. The Bertz CT molecular complexity index is 884. The van der Waals surface area contributed by atoms with Gasteiger partial charge in [0, 0.05) is 6.54 Å². The molecule has 1 aromatic carbocycles. The van der Waals surface area contributed by atoms with Crippen molar-refractivity contribution in [1.82, 2.24) is 25.3 Å². The maximum atomic E-state index is 12.3. The van der Waals surface area contributed by atoms with Crippen molar-refractivity contribution in [3.63, 3.8) is 0 Å². The molecule has 130 valence electrons. The highest BCUT2D eigenvalue weighted by atomic mass is 35.5. The minimum absolute atomic E-state index is 0.0915. The molecular weight excluding hydrogens is 362 g/mol. The standard InChI is InChI=1S/C16H16ClN5O2S/c1-9(14(24)18-7-6-10-2-4-11(23)5-3-10)25-15-12-13(20-8-19-12)21-16(17)22-15/h2-5,8-9,23H,6-7H2,1H3,(H,18,24)(H,19,20,21,22)/t9-/m1/s1. The number of phenolic OH excluding ortho intramolecular Hbond substituents is 1. The number of rotatable bonds is 6. The number of aromatic hydroxyl groups is 1. The molecule has 0 radical (unpaired) electrons. The lowest BCUT2D eigenvalue weighted by Gasteiger charge is -2.12. The number of H-pyrrole nitrogens is 1. The fourth-order valence-electron chi connectivity index (χ4n) is 2.22. The van der Waals surface area contributed by atoms with Gasteiger partial charge in [-0.05, 0) is 42.6 Å². The summed E-state index contributed by atoms with van der Waals surface area (Å²) in [5.41, 5.74) is 2.18. The van der Waals surface area contributed by atoms with E-state index >= 15 is 0 Å². The van der Waals surface area contributed by atoms with Crippen molar-refractivity contribution in [2.45, 2.75) is 23.6 Å². The number of fused-ring (bicyclic) bond motifs is 1. The van der Waals surface area contributed by atoms with Gasteiger partial charge in [-0.3, -0.25) is 4.79 Å². The van der Waals surface area contributed by atoms with Crippen LogP contribution >= 0.6 is 23.4 Å². The number of aromatic nitrogens is 4. The van der Waals surface area contributed by atoms with Gasteiger partial charge in [0.25, 0.3) is 0 Å². The first-order valence-electron chi connectivity index (χ1n) is 7.62. The van der Waals surface area contributed by atoms with E-state index in [1.807, 2.05) is 12.1 Å². The molecule has 2 heterocycles. The topological polar surface area (TPSA) is 104 Å². The van der Waals surface area contributed by atoms with Crippen LogP contribution < -0.4 is 5.32 Å². The van der Waals surface area contributed by atoms with Gasteiger partial charge in [0.1, 0.15) is 16.3 Å². The molecule has 2 aromatic heterocycles. The van der Waals surface area contributed by atoms with Crippen molar-refractivity contribution < 1.29 is 9.90 Å². The average molecular weight is 378 g/mol. The third-order valence-corrected chi connectivity index (χ3v) is 4.79. The molecule has 0 unspecified atom stereocenters. The van der Waals surface area contributed by atoms with Crippen molar-refractivity contribution in [2.24, 2.45) is 0 Å². The van der Waals surface area contributed by atoms with Gasteiger partial charge in [0.2, 0.25) is 11.2 Å². The summed E-state index contributed by atoms with van der Waals surface area (Å²) >= 11 is 7.19. The normalized spacial score (nSPS) is 12.2. The molecule has 3 aromatic rings. The molecule has 0 aliphatic rings. The summed E-state index contributed by atoms with van der Waals surface area (Å²) in [5, 5.41) is 12.5. The van der Waals surface area contributed by atoms with E-state index in [1.165, 1.54) is 18.1 Å². The molecule has 1 atom stereocenters. The van der Waals surface area contributed by atoms with Crippen LogP contribution in [0.4, 0.5) is 0 Å². The van der Waals surface area contributed by atoms with Gasteiger partial charge in [-0.2, -0.15) is 4.98 Å². The van der Waals surface area contributed by atoms with Gasteiger partial charge in [-0.1, -0.05) is 23.9 Å². The number of phenols is 1. The van der Waals surface area contributed by atoms with Crippen LogP contribution in [0.2, 0.25) is 5.28 Å². The van der Waals surface area contributed by atoms with Crippen LogP contribution in [0.3, 0.4) is 0 Å². The van der Waals surface area contributed by atoms with E-state index in [-0.39, 0.29) is 22.2 Å². The molecule has 3 rings (SSSR count). The Morgan fingerprint density at radius 3 is 2.88 bits per heavy atom. The van der Waals surface area contributed by atoms with Crippen molar-refractivity contribution in [3.8, 4) is 5.75 Å². The van der Waals surface area contributed by atoms with E-state index < -0.39 is 0 Å². The van der Waals surface area contributed by atoms with Gasteiger partial charge >= 0.3 is 0 Å². The molecule has 3 N–H and O–H groups in total. The Kier molecular flexibility index (Phi) is 5.40. The van der Waals surface area contributed by atoms with Crippen LogP contribution in [0.5, 0.6) is 5.75 Å². The largest absolute Gasteiger partial charge is 0.508 e. The summed E-state index contributed by atoms with van der Waals surface area (Å²) in [4.78, 5) is 27.5. The monoisotopic (exact) mass is 377 g/mol. The highest BCUT2D eigenvalue weighted by Gasteiger charge is 2.18. The summed E-state index contributed by atoms with van der Waals surface area (Å²) in [5.74, 6) is 0.137. The molecule has 0 fully saturated rings. The van der Waals surface area contributed by atoms with Gasteiger partial charge in [-0.15, -0.1) is 0 Å². The van der Waals surface area contributed by atoms with Crippen molar-refractivity contribution in [3.05, 3.63) is 41.4 Å². The number of thioether (sulfide) groups is 1. The molecule has 0 saturated carbocycles. The smallest absolute Gasteiger partial charge is 0.233 e. The first-order valence-corrected chi connectivity index (χ1v) is 8.87. The predicted molar refractivity (Wildman–Crippen MR) is 96.8 cm³/mol. The number of carbonyl (C=O) groups is 1. The summed E-state index contributed by atoms with van der Waals surface area (Å²) in [6.07, 6.45) is 2.20. The molecule has 0 spiro atoms. The Hall–Kier alpha value is -2.32. The lowest BCUT2D eigenvalue weighted by molar-refractivity contribution is -0.120. The molecular formula is C16H16ClN5O2S. The maximum absolute atomic E-state index is 12.3. The predicted octanol–water partition coefficient (Wildman–Crippen LogP) is 2.55. The quantitative estimate of drug-likeness (QED) is 0.346. The van der Waals surface area contributed by atoms with E-state index in [9.17, 15) is 9.90 Å². The molecule has 25 heavy (non-hydrogen) atoms. The number of halogens is 1. The van der Waals surface area contributed by atoms with E-state index in [2.05, 4.69) is 25.3 Å². The van der Waals surface area contributed by atoms with E-state index in [0.29, 0.717) is 29.2 Å². The highest BCUT2D eigenvalue weighted by molar-refractivity contribution is 8.00. The first kappa shape index (κ1) is 17.5. The van der Waals surface area contributed by atoms with Crippen LogP contribution in [-0.2, 0) is 11.2 Å². The zero-order valence-corrected chi connectivity index (χ0v) is 14.9. The number of nitrogens with zero attached hydrogens (tertiary/aromatic N) is 3. The summed E-state index contributed by atoms with van der Waals surface area (Å²) in [7, 11) is 0. The molecule has 1 amide bonds. The Balaban J connectivity index is 1.57. The molecule has 0 saturated heterocycles.